The predicted octanol–water partition coefficient (Wildman–Crippen LogP) is 2.73. The molecule has 0 amide bonds. The zero-order valence-electron chi connectivity index (χ0n) is 11.3. The molecule has 0 radical (unpaired) electrons. The second kappa shape index (κ2) is 6.45. The van der Waals surface area contributed by atoms with Crippen molar-refractivity contribution < 1.29 is 18.6 Å². The van der Waals surface area contributed by atoms with Crippen LogP contribution in [0.25, 0.3) is 6.08 Å². The van der Waals surface area contributed by atoms with Gasteiger partial charge in [-0.05, 0) is 35.8 Å². The molecule has 0 aliphatic carbocycles. The van der Waals surface area contributed by atoms with Crippen molar-refractivity contribution in [3.63, 3.8) is 0 Å². The molecule has 0 atom stereocenters. The van der Waals surface area contributed by atoms with Gasteiger partial charge in [0.2, 0.25) is 0 Å². The molecule has 0 aliphatic heterocycles. The first-order valence-corrected chi connectivity index (χ1v) is 8.14. The molecule has 0 aromatic heterocycles. The van der Waals surface area contributed by atoms with Gasteiger partial charge >= 0.3 is 0 Å². The monoisotopic (exact) mass is 304 g/mol. The number of benzene rings is 2. The van der Waals surface area contributed by atoms with Gasteiger partial charge in [-0.25, -0.2) is 8.42 Å². The van der Waals surface area contributed by atoms with Crippen LogP contribution in [0, 0.1) is 0 Å². The van der Waals surface area contributed by atoms with Gasteiger partial charge in [0, 0.05) is 5.41 Å². The zero-order valence-corrected chi connectivity index (χ0v) is 12.1. The third-order valence-electron chi connectivity index (χ3n) is 2.99. The molecule has 2 aromatic rings. The normalized spacial score (nSPS) is 11.8. The summed E-state index contributed by atoms with van der Waals surface area (Å²) in [5, 5.41) is 19.7. The highest BCUT2D eigenvalue weighted by molar-refractivity contribution is 7.94. The maximum absolute atomic E-state index is 11.9. The van der Waals surface area contributed by atoms with Gasteiger partial charge in [0.25, 0.3) is 0 Å². The fraction of sp³-hybridized carbons (Fsp3) is 0.125. The summed E-state index contributed by atoms with van der Waals surface area (Å²) >= 11 is 0. The molecule has 2 N–H and O–H groups in total. The molecule has 0 fully saturated rings. The number of phenolic OH excluding ortho intramolecular Hbond substituents is 2. The number of rotatable bonds is 5. The summed E-state index contributed by atoms with van der Waals surface area (Å²) in [5.74, 6) is -0.490. The van der Waals surface area contributed by atoms with Crippen molar-refractivity contribution in [1.29, 1.82) is 0 Å². The van der Waals surface area contributed by atoms with Crippen LogP contribution in [-0.4, -0.2) is 24.4 Å². The lowest BCUT2D eigenvalue weighted by atomic mass is 10.2. The van der Waals surface area contributed by atoms with E-state index in [0.29, 0.717) is 12.0 Å². The average Bonchev–Trinajstić information content (AvgIpc) is 2.48. The largest absolute Gasteiger partial charge is 0.504 e. The summed E-state index contributed by atoms with van der Waals surface area (Å²) < 4.78 is 23.9. The highest BCUT2D eigenvalue weighted by atomic mass is 32.2. The summed E-state index contributed by atoms with van der Waals surface area (Å²) in [6.07, 6.45) is 1.85. The molecule has 0 spiro atoms. The van der Waals surface area contributed by atoms with E-state index < -0.39 is 9.84 Å². The highest BCUT2D eigenvalue weighted by Gasteiger charge is 2.07. The summed E-state index contributed by atoms with van der Waals surface area (Å²) in [5.41, 5.74) is 1.48. The molecule has 2 rings (SSSR count). The van der Waals surface area contributed by atoms with Gasteiger partial charge in [-0.15, -0.1) is 0 Å². The van der Waals surface area contributed by atoms with Crippen LogP contribution in [0.2, 0.25) is 0 Å². The Morgan fingerprint density at radius 2 is 1.67 bits per heavy atom. The van der Waals surface area contributed by atoms with Crippen LogP contribution < -0.4 is 0 Å². The van der Waals surface area contributed by atoms with Crippen molar-refractivity contribution in [1.82, 2.24) is 0 Å². The Morgan fingerprint density at radius 3 is 2.33 bits per heavy atom. The molecule has 110 valence electrons. The van der Waals surface area contributed by atoms with Crippen LogP contribution in [0.1, 0.15) is 11.1 Å². The Labute approximate surface area is 123 Å². The molecule has 4 nitrogen and oxygen atoms in total. The predicted molar refractivity (Wildman–Crippen MR) is 82.7 cm³/mol. The van der Waals surface area contributed by atoms with Crippen LogP contribution in [0.15, 0.2) is 53.9 Å². The van der Waals surface area contributed by atoms with E-state index in [0.717, 1.165) is 11.0 Å². The topological polar surface area (TPSA) is 74.6 Å². The number of hydrogen-bond acceptors (Lipinski definition) is 4. The van der Waals surface area contributed by atoms with E-state index in [1.165, 1.54) is 24.3 Å². The van der Waals surface area contributed by atoms with Crippen molar-refractivity contribution in [2.45, 2.75) is 6.42 Å². The number of phenols is 2. The third-order valence-corrected chi connectivity index (χ3v) is 4.31. The van der Waals surface area contributed by atoms with Gasteiger partial charge in [0.05, 0.1) is 5.75 Å². The van der Waals surface area contributed by atoms with Crippen molar-refractivity contribution in [3.05, 3.63) is 65.1 Å². The lowest BCUT2D eigenvalue weighted by Crippen LogP contribution is -2.05. The van der Waals surface area contributed by atoms with Crippen LogP contribution in [0.3, 0.4) is 0 Å². The first kappa shape index (κ1) is 15.1. The minimum Gasteiger partial charge on any atom is -0.504 e. The molecular weight excluding hydrogens is 288 g/mol. The molecule has 0 heterocycles. The van der Waals surface area contributed by atoms with Crippen molar-refractivity contribution in [3.8, 4) is 11.5 Å². The van der Waals surface area contributed by atoms with Gasteiger partial charge in [0.15, 0.2) is 21.3 Å². The number of sulfone groups is 1. The Bertz CT molecular complexity index is 734. The summed E-state index contributed by atoms with van der Waals surface area (Å²) in [6, 6.07) is 13.5. The molecule has 21 heavy (non-hydrogen) atoms. The van der Waals surface area contributed by atoms with E-state index in [1.54, 1.807) is 0 Å². The lowest BCUT2D eigenvalue weighted by Gasteiger charge is -2.01. The maximum Gasteiger partial charge on any atom is 0.171 e. The van der Waals surface area contributed by atoms with Crippen LogP contribution in [0.5, 0.6) is 11.5 Å². The summed E-state index contributed by atoms with van der Waals surface area (Å²) in [7, 11) is -3.33. The SMILES string of the molecule is O=S(=O)(/C=C/c1ccc(O)c(O)c1)CCc1ccccc1. The van der Waals surface area contributed by atoms with Gasteiger partial charge in [-0.2, -0.15) is 0 Å². The quantitative estimate of drug-likeness (QED) is 0.833. The molecule has 0 bridgehead atoms. The van der Waals surface area contributed by atoms with E-state index in [1.807, 2.05) is 30.3 Å². The van der Waals surface area contributed by atoms with Crippen molar-refractivity contribution in [2.24, 2.45) is 0 Å². The number of aryl methyl sites for hydroxylation is 1. The van der Waals surface area contributed by atoms with Gasteiger partial charge in [0.1, 0.15) is 0 Å². The van der Waals surface area contributed by atoms with E-state index in [2.05, 4.69) is 0 Å². The van der Waals surface area contributed by atoms with E-state index >= 15 is 0 Å². The lowest BCUT2D eigenvalue weighted by molar-refractivity contribution is 0.403. The summed E-state index contributed by atoms with van der Waals surface area (Å²) in [6.45, 7) is 0. The van der Waals surface area contributed by atoms with Crippen LogP contribution >= 0.6 is 0 Å². The second-order valence-electron chi connectivity index (χ2n) is 4.65. The van der Waals surface area contributed by atoms with E-state index in [9.17, 15) is 18.6 Å². The molecular formula is C16H16O4S. The van der Waals surface area contributed by atoms with Crippen molar-refractivity contribution >= 4 is 15.9 Å². The van der Waals surface area contributed by atoms with Crippen molar-refractivity contribution in [2.75, 3.05) is 5.75 Å². The number of hydrogen-bond donors (Lipinski definition) is 2. The first-order valence-electron chi connectivity index (χ1n) is 6.43. The zero-order chi connectivity index (χ0) is 15.3. The fourth-order valence-electron chi connectivity index (χ4n) is 1.80. The first-order chi connectivity index (χ1) is 9.96. The third kappa shape index (κ3) is 4.65. The van der Waals surface area contributed by atoms with Gasteiger partial charge in [-0.3, -0.25) is 0 Å². The number of aromatic hydroxyl groups is 2. The fourth-order valence-corrected chi connectivity index (χ4v) is 2.82. The molecule has 0 saturated carbocycles. The minimum atomic E-state index is -3.33. The average molecular weight is 304 g/mol. The highest BCUT2D eigenvalue weighted by Crippen LogP contribution is 2.25. The van der Waals surface area contributed by atoms with E-state index in [4.69, 9.17) is 0 Å². The Morgan fingerprint density at radius 1 is 0.952 bits per heavy atom. The smallest absolute Gasteiger partial charge is 0.171 e. The van der Waals surface area contributed by atoms with Gasteiger partial charge < -0.3 is 10.2 Å². The van der Waals surface area contributed by atoms with Crippen LogP contribution in [0.4, 0.5) is 0 Å². The minimum absolute atomic E-state index is 0.0254. The molecule has 2 aromatic carbocycles. The summed E-state index contributed by atoms with van der Waals surface area (Å²) in [4.78, 5) is 0. The maximum atomic E-state index is 11.9. The van der Waals surface area contributed by atoms with Gasteiger partial charge in [-0.1, -0.05) is 36.4 Å². The van der Waals surface area contributed by atoms with E-state index in [-0.39, 0.29) is 17.3 Å². The molecule has 0 saturated heterocycles. The Balaban J connectivity index is 2.03. The second-order valence-corrected chi connectivity index (χ2v) is 6.66. The Kier molecular flexibility index (Phi) is 4.65. The molecule has 0 aliphatic rings. The standard InChI is InChI=1S/C16H16O4S/c17-15-7-6-14(12-16(15)18)9-11-21(19,20)10-8-13-4-2-1-3-5-13/h1-7,9,11-12,17-18H,8,10H2/b11-9+. The molecule has 0 unspecified atom stereocenters. The molecule has 5 heteroatoms. The van der Waals surface area contributed by atoms with Crippen LogP contribution in [-0.2, 0) is 16.3 Å². The Hall–Kier alpha value is -2.27.